The fraction of sp³-hybridized carbons (Fsp3) is 0.400. The lowest BCUT2D eigenvalue weighted by Gasteiger charge is -2.31. The Bertz CT molecular complexity index is 2280. The third-order valence-electron chi connectivity index (χ3n) is 11.2. The quantitative estimate of drug-likeness (QED) is 0.128. The van der Waals surface area contributed by atoms with E-state index in [-0.39, 0.29) is 29.8 Å². The van der Waals surface area contributed by atoms with Crippen LogP contribution in [0.4, 0.5) is 26.0 Å². The number of carbonyl (C=O) groups excluding carboxylic acids is 1. The van der Waals surface area contributed by atoms with Gasteiger partial charge in [-0.25, -0.2) is 18.7 Å². The number of carboxylic acids is 1. The van der Waals surface area contributed by atoms with Crippen LogP contribution in [0.5, 0.6) is 0 Å². The minimum atomic E-state index is -2.89. The Morgan fingerprint density at radius 3 is 2.42 bits per heavy atom. The number of alkyl halides is 2. The molecule has 2 fully saturated rings. The van der Waals surface area contributed by atoms with Crippen molar-refractivity contribution in [2.24, 2.45) is 5.92 Å². The van der Waals surface area contributed by atoms with Crippen LogP contribution < -0.4 is 10.6 Å². The van der Waals surface area contributed by atoms with E-state index in [1.807, 2.05) is 61.0 Å². The van der Waals surface area contributed by atoms with Gasteiger partial charge in [0.05, 0.1) is 29.3 Å². The predicted octanol–water partition coefficient (Wildman–Crippen LogP) is 6.25. The number of pyridine rings is 1. The molecule has 5 aromatic rings. The minimum absolute atomic E-state index is 0.0206. The summed E-state index contributed by atoms with van der Waals surface area (Å²) < 4.78 is 30.0. The molecular weight excluding hydrogens is 708 g/mol. The van der Waals surface area contributed by atoms with E-state index in [2.05, 4.69) is 40.5 Å². The van der Waals surface area contributed by atoms with Gasteiger partial charge in [-0.15, -0.1) is 0 Å². The number of fused-ring (bicyclic) bond motifs is 2. The van der Waals surface area contributed by atoms with Crippen LogP contribution in [-0.4, -0.2) is 88.9 Å². The number of hydrogen-bond donors (Lipinski definition) is 4. The number of rotatable bonds is 10. The maximum absolute atomic E-state index is 14.0. The van der Waals surface area contributed by atoms with Crippen molar-refractivity contribution in [3.05, 3.63) is 88.6 Å². The first kappa shape index (κ1) is 36.6. The molecule has 0 bridgehead atoms. The van der Waals surface area contributed by atoms with E-state index in [0.717, 1.165) is 52.9 Å². The highest BCUT2D eigenvalue weighted by molar-refractivity contribution is 6.04. The van der Waals surface area contributed by atoms with Gasteiger partial charge in [0, 0.05) is 50.3 Å². The van der Waals surface area contributed by atoms with Gasteiger partial charge in [-0.3, -0.25) is 29.1 Å². The van der Waals surface area contributed by atoms with Crippen LogP contribution in [0.3, 0.4) is 0 Å². The largest absolute Gasteiger partial charge is 0.481 e. The van der Waals surface area contributed by atoms with Gasteiger partial charge in [0.1, 0.15) is 5.52 Å². The summed E-state index contributed by atoms with van der Waals surface area (Å²) in [6.45, 7) is 7.57. The van der Waals surface area contributed by atoms with E-state index in [1.54, 1.807) is 12.3 Å². The van der Waals surface area contributed by atoms with E-state index in [4.69, 9.17) is 0 Å². The Hall–Kier alpha value is -5.38. The number of β-amino-alcohol motifs (C(OH)–C–C–N with tert-alkyl or cyclic N) is 1. The van der Waals surface area contributed by atoms with Gasteiger partial charge in [-0.05, 0) is 98.2 Å². The molecule has 6 heterocycles. The molecule has 1 amide bonds. The van der Waals surface area contributed by atoms with E-state index in [0.29, 0.717) is 73.7 Å². The normalized spacial score (nSPS) is 20.3. The van der Waals surface area contributed by atoms with Crippen LogP contribution in [0.2, 0.25) is 0 Å². The highest BCUT2D eigenvalue weighted by atomic mass is 19.3. The smallest absolute Gasteiger partial charge is 0.307 e. The lowest BCUT2D eigenvalue weighted by atomic mass is 9.94. The van der Waals surface area contributed by atoms with Crippen molar-refractivity contribution in [1.29, 1.82) is 0 Å². The molecule has 286 valence electrons. The summed E-state index contributed by atoms with van der Waals surface area (Å²) in [6.07, 6.45) is 1.52. The number of nitrogens with one attached hydrogen (secondary N) is 2. The summed E-state index contributed by atoms with van der Waals surface area (Å²) in [4.78, 5) is 42.4. The van der Waals surface area contributed by atoms with E-state index in [9.17, 15) is 28.6 Å². The maximum atomic E-state index is 14.0. The Morgan fingerprint density at radius 2 is 1.71 bits per heavy atom. The van der Waals surface area contributed by atoms with Crippen molar-refractivity contribution in [2.75, 3.05) is 36.8 Å². The summed E-state index contributed by atoms with van der Waals surface area (Å²) >= 11 is 0. The number of halogens is 2. The van der Waals surface area contributed by atoms with Gasteiger partial charge in [-0.1, -0.05) is 24.3 Å². The van der Waals surface area contributed by atoms with Crippen LogP contribution in [0.1, 0.15) is 76.8 Å². The van der Waals surface area contributed by atoms with Crippen molar-refractivity contribution in [2.45, 2.75) is 71.2 Å². The molecule has 15 heteroatoms. The molecule has 3 aliphatic rings. The standard InChI is InChI=1S/C40H43F2N9O4/c1-22-27(6-3-8-29(22)44-37-35-31(45-38(47-37)36(41)42)16-24(18-43-35)19-49-14-12-26(52)21-49)28-7-4-9-30(23(28)2)46-39(53)32-17-34-33(10-5-13-51(34)48-32)50-15-11-25(20-50)40(54)55/h3-4,6-9,16-18,25-26,33,36,52H,5,10-15,19-21H2,1-2H3,(H,46,53)(H,54,55)(H,44,45,47)/t25-,26-,33+/m1/s1. The Balaban J connectivity index is 1.03. The zero-order valence-electron chi connectivity index (χ0n) is 30.7. The van der Waals surface area contributed by atoms with Crippen molar-refractivity contribution in [3.63, 3.8) is 0 Å². The molecule has 13 nitrogen and oxygen atoms in total. The fourth-order valence-electron chi connectivity index (χ4n) is 8.22. The van der Waals surface area contributed by atoms with Crippen LogP contribution in [0.25, 0.3) is 22.2 Å². The number of aromatic nitrogens is 5. The number of hydrogen-bond acceptors (Lipinski definition) is 10. The SMILES string of the molecule is Cc1c(NC(=O)c2cc3n(n2)CCC[C@@H]3N2CC[C@@H](C(=O)O)C2)cccc1-c1cccc(Nc2nc(C(F)F)nc3cc(CN4CC[C@@H](O)C4)cnc23)c1C. The van der Waals surface area contributed by atoms with Crippen molar-refractivity contribution >= 4 is 40.1 Å². The molecule has 2 aromatic carbocycles. The van der Waals surface area contributed by atoms with Crippen LogP contribution >= 0.6 is 0 Å². The molecule has 0 saturated carbocycles. The summed E-state index contributed by atoms with van der Waals surface area (Å²) in [5, 5.41) is 30.4. The minimum Gasteiger partial charge on any atom is -0.481 e. The number of nitrogens with zero attached hydrogens (tertiary/aromatic N) is 7. The zero-order valence-corrected chi connectivity index (χ0v) is 30.7. The first-order chi connectivity index (χ1) is 26.5. The highest BCUT2D eigenvalue weighted by Crippen LogP contribution is 2.37. The van der Waals surface area contributed by atoms with E-state index < -0.39 is 18.2 Å². The second kappa shape index (κ2) is 15.0. The van der Waals surface area contributed by atoms with Gasteiger partial charge in [0.2, 0.25) is 0 Å². The second-order valence-electron chi connectivity index (χ2n) is 14.8. The lowest BCUT2D eigenvalue weighted by Crippen LogP contribution is -2.32. The van der Waals surface area contributed by atoms with Crippen LogP contribution in [0, 0.1) is 19.8 Å². The van der Waals surface area contributed by atoms with Crippen molar-refractivity contribution in [1.82, 2.24) is 34.5 Å². The molecule has 2 saturated heterocycles. The molecule has 8 rings (SSSR count). The summed E-state index contributed by atoms with van der Waals surface area (Å²) in [5.41, 5.74) is 7.40. The predicted molar refractivity (Wildman–Crippen MR) is 202 cm³/mol. The molecule has 0 unspecified atom stereocenters. The molecule has 3 aromatic heterocycles. The molecular formula is C40H43F2N9O4. The average Bonchev–Trinajstić information content (AvgIpc) is 3.93. The summed E-state index contributed by atoms with van der Waals surface area (Å²) in [5.74, 6) is -1.92. The number of aliphatic carboxylic acids is 1. The van der Waals surface area contributed by atoms with Gasteiger partial charge >= 0.3 is 5.97 Å². The molecule has 0 aliphatic carbocycles. The number of carboxylic acid groups (broad SMARTS) is 1. The van der Waals surface area contributed by atoms with Gasteiger partial charge < -0.3 is 20.8 Å². The molecule has 4 N–H and O–H groups in total. The number of anilines is 3. The van der Waals surface area contributed by atoms with E-state index in [1.165, 1.54) is 0 Å². The van der Waals surface area contributed by atoms with Gasteiger partial charge in [0.15, 0.2) is 17.3 Å². The molecule has 3 aliphatic heterocycles. The number of aryl methyl sites for hydroxylation is 1. The first-order valence-corrected chi connectivity index (χ1v) is 18.7. The van der Waals surface area contributed by atoms with E-state index >= 15 is 0 Å². The number of aliphatic hydroxyl groups excluding tert-OH is 1. The third kappa shape index (κ3) is 7.39. The molecule has 0 spiro atoms. The Labute approximate surface area is 316 Å². The average molecular weight is 752 g/mol. The second-order valence-corrected chi connectivity index (χ2v) is 14.8. The van der Waals surface area contributed by atoms with Crippen LogP contribution in [-0.2, 0) is 17.9 Å². The van der Waals surface area contributed by atoms with Gasteiger partial charge in [0.25, 0.3) is 12.3 Å². The van der Waals surface area contributed by atoms with Crippen LogP contribution in [0.15, 0.2) is 54.7 Å². The molecule has 0 radical (unpaired) electrons. The molecule has 3 atom stereocenters. The zero-order chi connectivity index (χ0) is 38.4. The lowest BCUT2D eigenvalue weighted by molar-refractivity contribution is -0.141. The van der Waals surface area contributed by atoms with Crippen molar-refractivity contribution < 1.29 is 28.6 Å². The topological polar surface area (TPSA) is 162 Å². The summed E-state index contributed by atoms with van der Waals surface area (Å²) in [7, 11) is 0. The van der Waals surface area contributed by atoms with Crippen molar-refractivity contribution in [3.8, 4) is 11.1 Å². The number of carbonyl (C=O) groups is 2. The molecule has 55 heavy (non-hydrogen) atoms. The first-order valence-electron chi connectivity index (χ1n) is 18.7. The fourth-order valence-corrected chi connectivity index (χ4v) is 8.22. The Kier molecular flexibility index (Phi) is 10.0. The third-order valence-corrected chi connectivity index (χ3v) is 11.2. The van der Waals surface area contributed by atoms with Gasteiger partial charge in [-0.2, -0.15) is 5.10 Å². The Morgan fingerprint density at radius 1 is 0.945 bits per heavy atom. The number of aliphatic hydroxyl groups is 1. The monoisotopic (exact) mass is 751 g/mol. The number of likely N-dealkylation sites (tertiary alicyclic amines) is 2. The maximum Gasteiger partial charge on any atom is 0.307 e. The number of benzene rings is 2. The summed E-state index contributed by atoms with van der Waals surface area (Å²) in [6, 6.07) is 15.0. The highest BCUT2D eigenvalue weighted by Gasteiger charge is 2.36. The number of amides is 1.